The molecule has 0 aliphatic carbocycles. The van der Waals surface area contributed by atoms with Crippen LogP contribution < -0.4 is 9.64 Å². The normalized spacial score (nSPS) is 10.5. The molecule has 0 radical (unpaired) electrons. The fourth-order valence-electron chi connectivity index (χ4n) is 1.76. The summed E-state index contributed by atoms with van der Waals surface area (Å²) in [5.41, 5.74) is 1.02. The summed E-state index contributed by atoms with van der Waals surface area (Å²) < 4.78 is 5.44. The zero-order valence-corrected chi connectivity index (χ0v) is 12.8. The molecule has 1 aromatic heterocycles. The smallest absolute Gasteiger partial charge is 0.261 e. The quantitative estimate of drug-likeness (QED) is 0.870. The number of benzene rings is 1. The first-order chi connectivity index (χ1) is 9.99. The van der Waals surface area contributed by atoms with Crippen LogP contribution in [0.5, 0.6) is 5.88 Å². The van der Waals surface area contributed by atoms with Gasteiger partial charge in [-0.1, -0.05) is 29.8 Å². The Bertz CT molecular complexity index is 632. The summed E-state index contributed by atoms with van der Waals surface area (Å²) in [6, 6.07) is 10.8. The van der Waals surface area contributed by atoms with Crippen molar-refractivity contribution in [1.29, 1.82) is 0 Å². The molecule has 21 heavy (non-hydrogen) atoms. The van der Waals surface area contributed by atoms with Gasteiger partial charge in [0.25, 0.3) is 5.91 Å². The first kappa shape index (κ1) is 15.3. The molecule has 1 aromatic carbocycles. The van der Waals surface area contributed by atoms with E-state index in [0.29, 0.717) is 0 Å². The predicted octanol–water partition coefficient (Wildman–Crippen LogP) is 3.19. The highest BCUT2D eigenvalue weighted by atomic mass is 35.5. The van der Waals surface area contributed by atoms with Gasteiger partial charge in [0.15, 0.2) is 5.15 Å². The van der Waals surface area contributed by atoms with E-state index in [1.807, 2.05) is 44.2 Å². The van der Waals surface area contributed by atoms with E-state index in [2.05, 4.69) is 10.2 Å². The molecular weight excluding hydrogens is 290 g/mol. The van der Waals surface area contributed by atoms with Gasteiger partial charge in [0.2, 0.25) is 5.88 Å². The van der Waals surface area contributed by atoms with Crippen molar-refractivity contribution in [3.8, 4) is 5.88 Å². The molecule has 5 nitrogen and oxygen atoms in total. The fraction of sp³-hybridized carbons (Fsp3) is 0.267. The zero-order chi connectivity index (χ0) is 15.4. The maximum Gasteiger partial charge on any atom is 0.261 e. The van der Waals surface area contributed by atoms with Crippen LogP contribution in [-0.2, 0) is 0 Å². The van der Waals surface area contributed by atoms with E-state index in [9.17, 15) is 4.79 Å². The third-order valence-corrected chi connectivity index (χ3v) is 3.04. The van der Waals surface area contributed by atoms with E-state index < -0.39 is 0 Å². The summed E-state index contributed by atoms with van der Waals surface area (Å²) in [6.07, 6.45) is -0.0599. The van der Waals surface area contributed by atoms with E-state index in [4.69, 9.17) is 16.3 Å². The second-order valence-corrected chi connectivity index (χ2v) is 5.11. The molecule has 6 heteroatoms. The molecule has 1 heterocycles. The maximum absolute atomic E-state index is 12.5. The fourth-order valence-corrected chi connectivity index (χ4v) is 1.93. The SMILES string of the molecule is CC(C)Oc1cc(C(=O)N(C)c2ccccc2)c(Cl)nn1. The molecule has 0 saturated heterocycles. The van der Waals surface area contributed by atoms with Crippen LogP contribution in [0.4, 0.5) is 5.69 Å². The minimum atomic E-state index is -0.269. The van der Waals surface area contributed by atoms with Gasteiger partial charge in [-0.05, 0) is 26.0 Å². The van der Waals surface area contributed by atoms with Crippen molar-refractivity contribution in [2.45, 2.75) is 20.0 Å². The number of nitrogens with zero attached hydrogens (tertiary/aromatic N) is 3. The lowest BCUT2D eigenvalue weighted by atomic mass is 10.2. The Kier molecular flexibility index (Phi) is 4.75. The van der Waals surface area contributed by atoms with E-state index in [1.165, 1.54) is 11.0 Å². The summed E-state index contributed by atoms with van der Waals surface area (Å²) in [6.45, 7) is 3.74. The number of hydrogen-bond acceptors (Lipinski definition) is 4. The van der Waals surface area contributed by atoms with Crippen LogP contribution in [0.3, 0.4) is 0 Å². The van der Waals surface area contributed by atoms with E-state index in [-0.39, 0.29) is 28.6 Å². The van der Waals surface area contributed by atoms with E-state index in [0.717, 1.165) is 5.69 Å². The Morgan fingerprint density at radius 1 is 1.24 bits per heavy atom. The van der Waals surface area contributed by atoms with Crippen LogP contribution in [-0.4, -0.2) is 29.3 Å². The van der Waals surface area contributed by atoms with Gasteiger partial charge in [-0.15, -0.1) is 10.2 Å². The first-order valence-corrected chi connectivity index (χ1v) is 6.90. The Hall–Kier alpha value is -2.14. The van der Waals surface area contributed by atoms with Gasteiger partial charge < -0.3 is 9.64 Å². The van der Waals surface area contributed by atoms with Gasteiger partial charge in [0.05, 0.1) is 11.7 Å². The van der Waals surface area contributed by atoms with Crippen molar-refractivity contribution in [3.63, 3.8) is 0 Å². The van der Waals surface area contributed by atoms with Crippen LogP contribution in [0, 0.1) is 0 Å². The van der Waals surface area contributed by atoms with Crippen molar-refractivity contribution in [2.24, 2.45) is 0 Å². The standard InChI is InChI=1S/C15H16ClN3O2/c1-10(2)21-13-9-12(14(16)18-17-13)15(20)19(3)11-7-5-4-6-8-11/h4-10H,1-3H3. The van der Waals surface area contributed by atoms with Crippen LogP contribution in [0.1, 0.15) is 24.2 Å². The molecule has 0 bridgehead atoms. The number of aromatic nitrogens is 2. The number of carbonyl (C=O) groups excluding carboxylic acids is 1. The van der Waals surface area contributed by atoms with Crippen molar-refractivity contribution in [2.75, 3.05) is 11.9 Å². The Morgan fingerprint density at radius 3 is 2.52 bits per heavy atom. The molecule has 0 unspecified atom stereocenters. The average molecular weight is 306 g/mol. The summed E-state index contributed by atoms with van der Waals surface area (Å²) >= 11 is 5.98. The van der Waals surface area contributed by atoms with Gasteiger partial charge in [0, 0.05) is 18.8 Å². The number of rotatable bonds is 4. The molecule has 1 amide bonds. The minimum absolute atomic E-state index is 0.0545. The Balaban J connectivity index is 2.30. The van der Waals surface area contributed by atoms with Gasteiger partial charge in [-0.3, -0.25) is 4.79 Å². The van der Waals surface area contributed by atoms with Gasteiger partial charge in [-0.25, -0.2) is 0 Å². The molecule has 0 aliphatic heterocycles. The lowest BCUT2D eigenvalue weighted by Crippen LogP contribution is -2.27. The van der Waals surface area contributed by atoms with Crippen molar-refractivity contribution >= 4 is 23.2 Å². The van der Waals surface area contributed by atoms with Crippen molar-refractivity contribution in [3.05, 3.63) is 47.1 Å². The van der Waals surface area contributed by atoms with Crippen molar-refractivity contribution < 1.29 is 9.53 Å². The second kappa shape index (κ2) is 6.54. The largest absolute Gasteiger partial charge is 0.474 e. The van der Waals surface area contributed by atoms with Crippen LogP contribution in [0.15, 0.2) is 36.4 Å². The maximum atomic E-state index is 12.5. The third-order valence-electron chi connectivity index (χ3n) is 2.76. The van der Waals surface area contributed by atoms with E-state index >= 15 is 0 Å². The number of hydrogen-bond donors (Lipinski definition) is 0. The highest BCUT2D eigenvalue weighted by Gasteiger charge is 2.19. The predicted molar refractivity (Wildman–Crippen MR) is 82.0 cm³/mol. The summed E-state index contributed by atoms with van der Waals surface area (Å²) in [5.74, 6) is 0.00826. The highest BCUT2D eigenvalue weighted by Crippen LogP contribution is 2.21. The monoisotopic (exact) mass is 305 g/mol. The molecule has 0 spiro atoms. The molecule has 0 N–H and O–H groups in total. The summed E-state index contributed by atoms with van der Waals surface area (Å²) in [5, 5.41) is 7.65. The Morgan fingerprint density at radius 2 is 1.90 bits per heavy atom. The molecule has 0 fully saturated rings. The number of ether oxygens (including phenoxy) is 1. The average Bonchev–Trinajstić information content (AvgIpc) is 2.48. The topological polar surface area (TPSA) is 55.3 Å². The van der Waals surface area contributed by atoms with E-state index in [1.54, 1.807) is 7.05 Å². The third kappa shape index (κ3) is 3.70. The van der Waals surface area contributed by atoms with Crippen molar-refractivity contribution in [1.82, 2.24) is 10.2 Å². The Labute approximate surface area is 128 Å². The zero-order valence-electron chi connectivity index (χ0n) is 12.1. The van der Waals surface area contributed by atoms with Gasteiger partial charge >= 0.3 is 0 Å². The molecule has 0 atom stereocenters. The molecule has 2 aromatic rings. The number of halogens is 1. The van der Waals surface area contributed by atoms with Crippen LogP contribution in [0.2, 0.25) is 5.15 Å². The highest BCUT2D eigenvalue weighted by molar-refractivity contribution is 6.33. The van der Waals surface area contributed by atoms with Crippen LogP contribution in [0.25, 0.3) is 0 Å². The summed E-state index contributed by atoms with van der Waals surface area (Å²) in [7, 11) is 1.68. The molecule has 2 rings (SSSR count). The molecule has 110 valence electrons. The molecule has 0 aliphatic rings. The molecule has 0 saturated carbocycles. The number of para-hydroxylation sites is 1. The van der Waals surface area contributed by atoms with Gasteiger partial charge in [-0.2, -0.15) is 0 Å². The minimum Gasteiger partial charge on any atom is -0.474 e. The summed E-state index contributed by atoms with van der Waals surface area (Å²) in [4.78, 5) is 14.0. The van der Waals surface area contributed by atoms with Gasteiger partial charge in [0.1, 0.15) is 0 Å². The first-order valence-electron chi connectivity index (χ1n) is 6.52. The number of anilines is 1. The lowest BCUT2D eigenvalue weighted by molar-refractivity contribution is 0.0991. The number of carbonyl (C=O) groups is 1. The number of amides is 1. The lowest BCUT2D eigenvalue weighted by Gasteiger charge is -2.18. The molecular formula is C15H16ClN3O2. The van der Waals surface area contributed by atoms with Crippen LogP contribution >= 0.6 is 11.6 Å². The second-order valence-electron chi connectivity index (χ2n) is 4.75.